The van der Waals surface area contributed by atoms with Crippen LogP contribution in [0.25, 0.3) is 10.2 Å². The predicted octanol–water partition coefficient (Wildman–Crippen LogP) is 4.84. The number of allylic oxidation sites excluding steroid dienone is 2. The minimum Gasteiger partial charge on any atom is -0.260 e. The molecule has 2 heterocycles. The summed E-state index contributed by atoms with van der Waals surface area (Å²) in [7, 11) is 0. The van der Waals surface area contributed by atoms with E-state index in [1.54, 1.807) is 17.7 Å². The van der Waals surface area contributed by atoms with Gasteiger partial charge in [-0.05, 0) is 50.7 Å². The van der Waals surface area contributed by atoms with E-state index in [1.807, 2.05) is 0 Å². The molecule has 22 heavy (non-hydrogen) atoms. The first-order chi connectivity index (χ1) is 10.4. The number of rotatable bonds is 2. The van der Waals surface area contributed by atoms with Crippen molar-refractivity contribution in [1.82, 2.24) is 9.97 Å². The van der Waals surface area contributed by atoms with Crippen molar-refractivity contribution in [3.63, 3.8) is 0 Å². The highest BCUT2D eigenvalue weighted by Crippen LogP contribution is 2.35. The van der Waals surface area contributed by atoms with Crippen molar-refractivity contribution in [2.24, 2.45) is 10.5 Å². The van der Waals surface area contributed by atoms with Crippen LogP contribution in [0, 0.1) is 19.3 Å². The summed E-state index contributed by atoms with van der Waals surface area (Å²) in [4.78, 5) is 11.0. The quantitative estimate of drug-likeness (QED) is 0.807. The third-order valence-electron chi connectivity index (χ3n) is 4.10. The lowest BCUT2D eigenvalue weighted by molar-refractivity contribution is 0.373. The highest BCUT2D eigenvalue weighted by molar-refractivity contribution is 7.18. The van der Waals surface area contributed by atoms with Gasteiger partial charge >= 0.3 is 0 Å². The number of hydrogen-bond acceptors (Lipinski definition) is 5. The van der Waals surface area contributed by atoms with Crippen LogP contribution >= 0.6 is 11.3 Å². The van der Waals surface area contributed by atoms with Gasteiger partial charge in [0, 0.05) is 4.88 Å². The second kappa shape index (κ2) is 5.47. The molecule has 1 aliphatic carbocycles. The highest BCUT2D eigenvalue weighted by Gasteiger charge is 2.24. The molecule has 0 atom stereocenters. The highest BCUT2D eigenvalue weighted by atomic mass is 32.1. The molecule has 0 aliphatic heterocycles. The lowest BCUT2D eigenvalue weighted by atomic mass is 9.77. The second-order valence-corrected chi connectivity index (χ2v) is 8.11. The van der Waals surface area contributed by atoms with E-state index in [2.05, 4.69) is 61.2 Å². The molecule has 0 radical (unpaired) electrons. The number of hydrogen-bond donors (Lipinski definition) is 1. The van der Waals surface area contributed by atoms with Crippen molar-refractivity contribution in [2.75, 3.05) is 5.43 Å². The predicted molar refractivity (Wildman–Crippen MR) is 94.7 cm³/mol. The third kappa shape index (κ3) is 2.90. The number of fused-ring (bicyclic) bond motifs is 1. The zero-order chi connectivity index (χ0) is 15.9. The van der Waals surface area contributed by atoms with Crippen LogP contribution in [0.15, 0.2) is 23.1 Å². The molecule has 4 nitrogen and oxygen atoms in total. The van der Waals surface area contributed by atoms with Crippen LogP contribution in [0.2, 0.25) is 0 Å². The Hall–Kier alpha value is -1.75. The Morgan fingerprint density at radius 1 is 1.18 bits per heavy atom. The average Bonchev–Trinajstić information content (AvgIpc) is 2.70. The number of nitrogens with one attached hydrogen (secondary N) is 1. The SMILES string of the molecule is CC1=C/C(=N\Nc2ncnc3sc(C)c(C)c23)CC(C)(C)C1. The molecule has 116 valence electrons. The van der Waals surface area contributed by atoms with Crippen LogP contribution in [0.1, 0.15) is 44.1 Å². The summed E-state index contributed by atoms with van der Waals surface area (Å²) in [6.07, 6.45) is 5.90. The van der Waals surface area contributed by atoms with Crippen LogP contribution in [0.3, 0.4) is 0 Å². The van der Waals surface area contributed by atoms with Crippen molar-refractivity contribution < 1.29 is 0 Å². The summed E-state index contributed by atoms with van der Waals surface area (Å²) in [6, 6.07) is 0. The van der Waals surface area contributed by atoms with Crippen LogP contribution in [0.4, 0.5) is 5.82 Å². The van der Waals surface area contributed by atoms with E-state index in [0.717, 1.165) is 34.6 Å². The number of hydrazone groups is 1. The van der Waals surface area contributed by atoms with E-state index in [-0.39, 0.29) is 5.41 Å². The number of aryl methyl sites for hydroxylation is 2. The molecule has 0 saturated carbocycles. The van der Waals surface area contributed by atoms with Crippen molar-refractivity contribution in [3.8, 4) is 0 Å². The molecule has 2 aromatic heterocycles. The van der Waals surface area contributed by atoms with Gasteiger partial charge in [-0.1, -0.05) is 19.4 Å². The lowest BCUT2D eigenvalue weighted by Gasteiger charge is -2.29. The summed E-state index contributed by atoms with van der Waals surface area (Å²) < 4.78 is 0. The summed E-state index contributed by atoms with van der Waals surface area (Å²) in [5.74, 6) is 0.800. The van der Waals surface area contributed by atoms with Gasteiger partial charge < -0.3 is 0 Å². The topological polar surface area (TPSA) is 50.2 Å². The van der Waals surface area contributed by atoms with Crippen LogP contribution < -0.4 is 5.43 Å². The van der Waals surface area contributed by atoms with E-state index in [9.17, 15) is 0 Å². The Kier molecular flexibility index (Phi) is 3.77. The van der Waals surface area contributed by atoms with Gasteiger partial charge in [0.25, 0.3) is 0 Å². The number of anilines is 1. The standard InChI is InChI=1S/C17H22N4S/c1-10-6-13(8-17(4,5)7-10)20-21-15-14-11(2)12(3)22-16(14)19-9-18-15/h6,9H,7-8H2,1-5H3,(H,18,19,21)/b20-13+. The number of nitrogens with zero attached hydrogens (tertiary/aromatic N) is 3. The fourth-order valence-corrected chi connectivity index (χ4v) is 4.15. The zero-order valence-corrected chi connectivity index (χ0v) is 14.6. The monoisotopic (exact) mass is 314 g/mol. The summed E-state index contributed by atoms with van der Waals surface area (Å²) in [6.45, 7) is 11.0. The lowest BCUT2D eigenvalue weighted by Crippen LogP contribution is -2.22. The van der Waals surface area contributed by atoms with Crippen LogP contribution in [-0.4, -0.2) is 15.7 Å². The van der Waals surface area contributed by atoms with Gasteiger partial charge in [0.2, 0.25) is 0 Å². The van der Waals surface area contributed by atoms with Gasteiger partial charge in [0.15, 0.2) is 5.82 Å². The van der Waals surface area contributed by atoms with Gasteiger partial charge in [0.1, 0.15) is 11.2 Å². The van der Waals surface area contributed by atoms with Crippen molar-refractivity contribution in [3.05, 3.63) is 28.4 Å². The van der Waals surface area contributed by atoms with Gasteiger partial charge in [-0.2, -0.15) is 5.10 Å². The van der Waals surface area contributed by atoms with Crippen LogP contribution in [-0.2, 0) is 0 Å². The molecule has 0 aromatic carbocycles. The Bertz CT molecular complexity index is 783. The maximum absolute atomic E-state index is 4.60. The Labute approximate surface area is 135 Å². The molecule has 3 rings (SSSR count). The maximum Gasteiger partial charge on any atom is 0.158 e. The molecule has 2 aromatic rings. The molecular weight excluding hydrogens is 292 g/mol. The van der Waals surface area contributed by atoms with Gasteiger partial charge in [-0.15, -0.1) is 11.3 Å². The molecule has 0 fully saturated rings. The van der Waals surface area contributed by atoms with Crippen LogP contribution in [0.5, 0.6) is 0 Å². The largest absolute Gasteiger partial charge is 0.260 e. The van der Waals surface area contributed by atoms with Gasteiger partial charge in [-0.25, -0.2) is 9.97 Å². The second-order valence-electron chi connectivity index (χ2n) is 6.91. The van der Waals surface area contributed by atoms with E-state index >= 15 is 0 Å². The molecule has 0 unspecified atom stereocenters. The molecule has 0 amide bonds. The Balaban J connectivity index is 1.94. The van der Waals surface area contributed by atoms with Crippen molar-refractivity contribution >= 4 is 33.1 Å². The normalized spacial score (nSPS) is 19.5. The molecular formula is C17H22N4S. The minimum absolute atomic E-state index is 0.273. The fraction of sp³-hybridized carbons (Fsp3) is 0.471. The molecule has 1 aliphatic rings. The van der Waals surface area contributed by atoms with E-state index in [4.69, 9.17) is 0 Å². The first kappa shape index (κ1) is 15.2. The Morgan fingerprint density at radius 3 is 2.68 bits per heavy atom. The molecule has 1 N–H and O–H groups in total. The minimum atomic E-state index is 0.273. The molecule has 5 heteroatoms. The van der Waals surface area contributed by atoms with Gasteiger partial charge in [-0.3, -0.25) is 5.43 Å². The number of aromatic nitrogens is 2. The molecule has 0 spiro atoms. The van der Waals surface area contributed by atoms with E-state index in [1.165, 1.54) is 16.0 Å². The van der Waals surface area contributed by atoms with Crippen molar-refractivity contribution in [1.29, 1.82) is 0 Å². The van der Waals surface area contributed by atoms with E-state index < -0.39 is 0 Å². The first-order valence-corrected chi connectivity index (χ1v) is 8.38. The van der Waals surface area contributed by atoms with E-state index in [0.29, 0.717) is 0 Å². The van der Waals surface area contributed by atoms with Crippen molar-refractivity contribution in [2.45, 2.75) is 47.5 Å². The third-order valence-corrected chi connectivity index (χ3v) is 5.22. The average molecular weight is 314 g/mol. The number of thiophene rings is 1. The molecule has 0 saturated heterocycles. The maximum atomic E-state index is 4.60. The molecule has 0 bridgehead atoms. The summed E-state index contributed by atoms with van der Waals surface area (Å²) >= 11 is 1.70. The summed E-state index contributed by atoms with van der Waals surface area (Å²) in [5.41, 5.74) is 7.15. The smallest absolute Gasteiger partial charge is 0.158 e. The Morgan fingerprint density at radius 2 is 1.95 bits per heavy atom. The zero-order valence-electron chi connectivity index (χ0n) is 13.8. The fourth-order valence-electron chi connectivity index (χ4n) is 3.16. The summed E-state index contributed by atoms with van der Waals surface area (Å²) in [5, 5.41) is 5.69. The van der Waals surface area contributed by atoms with Gasteiger partial charge in [0.05, 0.1) is 11.1 Å². The first-order valence-electron chi connectivity index (χ1n) is 7.56.